The highest BCUT2D eigenvalue weighted by molar-refractivity contribution is 5.92. The minimum atomic E-state index is -0.196. The fourth-order valence-electron chi connectivity index (χ4n) is 18.5. The van der Waals surface area contributed by atoms with E-state index in [1.165, 1.54) is 82.6 Å². The van der Waals surface area contributed by atoms with Gasteiger partial charge in [0.25, 0.3) is 0 Å². The zero-order chi connectivity index (χ0) is 42.5. The number of fused-ring (bicyclic) bond motifs is 13. The smallest absolute Gasteiger partial charge is 0.155 e. The third kappa shape index (κ3) is 6.71. The second-order valence-electron chi connectivity index (χ2n) is 25.8. The van der Waals surface area contributed by atoms with Crippen LogP contribution in [0.4, 0.5) is 0 Å². The Morgan fingerprint density at radius 3 is 1.77 bits per heavy atom. The van der Waals surface area contributed by atoms with E-state index in [9.17, 15) is 14.7 Å². The van der Waals surface area contributed by atoms with E-state index < -0.39 is 0 Å². The van der Waals surface area contributed by atoms with E-state index in [0.717, 1.165) is 68.1 Å². The van der Waals surface area contributed by atoms with Gasteiger partial charge in [-0.15, -0.1) is 0 Å². The summed E-state index contributed by atoms with van der Waals surface area (Å²) >= 11 is 0. The van der Waals surface area contributed by atoms with E-state index in [-0.39, 0.29) is 34.2 Å². The summed E-state index contributed by atoms with van der Waals surface area (Å²) in [5, 5.41) is 11.3. The van der Waals surface area contributed by atoms with Crippen molar-refractivity contribution in [2.45, 2.75) is 227 Å². The highest BCUT2D eigenvalue weighted by atomic mass is 16.6. The number of hydrogen-bond donors (Lipinski definition) is 1. The van der Waals surface area contributed by atoms with Crippen LogP contribution in [0.2, 0.25) is 0 Å². The number of aliphatic hydroxyl groups excluding tert-OH is 1. The van der Waals surface area contributed by atoms with E-state index >= 15 is 0 Å². The molecule has 20 atom stereocenters. The largest absolute Gasteiger partial charge is 0.393 e. The van der Waals surface area contributed by atoms with Crippen molar-refractivity contribution in [3.05, 3.63) is 11.6 Å². The van der Waals surface area contributed by atoms with E-state index in [0.29, 0.717) is 76.2 Å². The Labute approximate surface area is 364 Å². The van der Waals surface area contributed by atoms with Crippen molar-refractivity contribution in [3.63, 3.8) is 0 Å². The molecule has 3 heterocycles. The minimum Gasteiger partial charge on any atom is -0.393 e. The molecule has 0 aromatic heterocycles. The van der Waals surface area contributed by atoms with Crippen LogP contribution in [0.5, 0.6) is 0 Å². The van der Waals surface area contributed by atoms with Crippen LogP contribution in [0.25, 0.3) is 0 Å². The van der Waals surface area contributed by atoms with Crippen LogP contribution >= 0.6 is 0 Å². The monoisotopic (exact) mass is 829 g/mol. The van der Waals surface area contributed by atoms with Crippen molar-refractivity contribution in [2.24, 2.45) is 86.8 Å². The number of ether oxygens (including phenoxy) is 3. The second kappa shape index (κ2) is 14.5. The number of carbonyl (C=O) groups is 2. The number of aliphatic hydroxyl groups is 1. The van der Waals surface area contributed by atoms with Gasteiger partial charge >= 0.3 is 0 Å². The van der Waals surface area contributed by atoms with Crippen LogP contribution in [0.1, 0.15) is 185 Å². The van der Waals surface area contributed by atoms with Crippen molar-refractivity contribution in [2.75, 3.05) is 0 Å². The number of epoxide rings is 3. The van der Waals surface area contributed by atoms with Gasteiger partial charge in [-0.2, -0.15) is 0 Å². The Morgan fingerprint density at radius 2 is 1.20 bits per heavy atom. The molecular formula is C54H84O6. The maximum atomic E-state index is 12.1. The molecule has 0 bridgehead atoms. The number of ketones is 2. The average Bonchev–Trinajstić information content (AvgIpc) is 4.12. The molecule has 5 unspecified atom stereocenters. The van der Waals surface area contributed by atoms with Crippen molar-refractivity contribution >= 4 is 11.6 Å². The first kappa shape index (κ1) is 42.8. The summed E-state index contributed by atoms with van der Waals surface area (Å²) in [5.74, 6) is 8.32. The lowest BCUT2D eigenvalue weighted by atomic mass is 9.44. The van der Waals surface area contributed by atoms with E-state index in [1.54, 1.807) is 0 Å². The molecule has 6 nitrogen and oxygen atoms in total. The Kier molecular flexibility index (Phi) is 10.3. The number of rotatable bonds is 8. The van der Waals surface area contributed by atoms with E-state index in [4.69, 9.17) is 14.2 Å². The fraction of sp³-hybridized carbons (Fsp3) is 0.926. The van der Waals surface area contributed by atoms with Crippen LogP contribution in [-0.2, 0) is 23.8 Å². The van der Waals surface area contributed by atoms with Crippen molar-refractivity contribution < 1.29 is 28.9 Å². The third-order valence-electron chi connectivity index (χ3n) is 22.3. The van der Waals surface area contributed by atoms with Gasteiger partial charge < -0.3 is 19.3 Å². The zero-order valence-corrected chi connectivity index (χ0v) is 39.5. The zero-order valence-electron chi connectivity index (χ0n) is 39.5. The second-order valence-corrected chi connectivity index (χ2v) is 25.8. The summed E-state index contributed by atoms with van der Waals surface area (Å²) in [5.41, 5.74) is 2.94. The average molecular weight is 829 g/mol. The quantitative estimate of drug-likeness (QED) is 0.245. The lowest BCUT2D eigenvalue weighted by Gasteiger charge is -2.62. The molecule has 0 aromatic rings. The number of hydrogen-bond acceptors (Lipinski definition) is 6. The van der Waals surface area contributed by atoms with Gasteiger partial charge in [0.05, 0.1) is 35.6 Å². The summed E-state index contributed by atoms with van der Waals surface area (Å²) in [6.45, 7) is 24.1. The van der Waals surface area contributed by atoms with Crippen LogP contribution in [-0.4, -0.2) is 58.4 Å². The first-order valence-electron chi connectivity index (χ1n) is 25.7. The van der Waals surface area contributed by atoms with E-state index in [2.05, 4.69) is 69.2 Å². The molecule has 336 valence electrons. The highest BCUT2D eigenvalue weighted by Gasteiger charge is 2.69. The number of carbonyl (C=O) groups excluding carboxylic acids is 2. The summed E-state index contributed by atoms with van der Waals surface area (Å²) in [4.78, 5) is 24.3. The first-order chi connectivity index (χ1) is 28.2. The fourth-order valence-corrected chi connectivity index (χ4v) is 18.5. The maximum Gasteiger partial charge on any atom is 0.155 e. The Morgan fingerprint density at radius 1 is 0.667 bits per heavy atom. The predicted molar refractivity (Wildman–Crippen MR) is 236 cm³/mol. The van der Waals surface area contributed by atoms with Crippen LogP contribution in [0, 0.1) is 86.8 Å². The van der Waals surface area contributed by atoms with Crippen molar-refractivity contribution in [1.29, 1.82) is 0 Å². The Bertz CT molecular complexity index is 1750. The molecule has 1 N–H and O–H groups in total. The first-order valence-corrected chi connectivity index (χ1v) is 25.7. The number of Topliss-reactive ketones (excluding diaryl/α,β-unsaturated/α-hetero) is 1. The minimum absolute atomic E-state index is 0.111. The molecule has 7 saturated carbocycles. The van der Waals surface area contributed by atoms with Gasteiger partial charge in [-0.1, -0.05) is 41.5 Å². The normalized spacial score (nSPS) is 53.3. The molecule has 0 spiro atoms. The van der Waals surface area contributed by atoms with Crippen LogP contribution in [0.15, 0.2) is 11.6 Å². The molecule has 8 aliphatic carbocycles. The predicted octanol–water partition coefficient (Wildman–Crippen LogP) is 11.5. The van der Waals surface area contributed by atoms with Gasteiger partial charge in [0, 0.05) is 19.3 Å². The lowest BCUT2D eigenvalue weighted by molar-refractivity contribution is -0.168. The van der Waals surface area contributed by atoms with Gasteiger partial charge in [0.1, 0.15) is 11.9 Å². The molecule has 11 rings (SSSR count). The Balaban J connectivity index is 0.000000144. The van der Waals surface area contributed by atoms with Crippen molar-refractivity contribution in [3.8, 4) is 0 Å². The summed E-state index contributed by atoms with van der Waals surface area (Å²) in [7, 11) is 0. The molecule has 0 aromatic carbocycles. The lowest BCUT2D eigenvalue weighted by Crippen LogP contribution is -2.58. The van der Waals surface area contributed by atoms with Gasteiger partial charge in [0.15, 0.2) is 5.78 Å². The summed E-state index contributed by atoms with van der Waals surface area (Å²) in [6, 6.07) is 0. The van der Waals surface area contributed by atoms with Gasteiger partial charge in [-0.05, 0) is 222 Å². The summed E-state index contributed by atoms with van der Waals surface area (Å²) < 4.78 is 18.1. The highest BCUT2D eigenvalue weighted by Crippen LogP contribution is 2.72. The molecule has 60 heavy (non-hydrogen) atoms. The molecule has 11 aliphatic rings. The standard InChI is InChI=1S/C27H40O3.C27H44O3/c1-15(6-9-21-25(2,3)30-21)17-7-8-18-22-19(11-13-26(17,18)4)27(5)12-10-16(28)14-20(27)23-24(22)29-23;1-16(6-9-23-25(2,3)30-23)19-7-8-20-24-21(11-13-27(19,20)5)26(4)12-10-18(28)14-17(26)15-22(24)29/h14-15,17-19,21-24H,6-13H2,1-5H3;16-17,19-24,29H,6-15H2,1-5H3/t15-,17-,18+,19+,21?,22+,23?,24?,26-,27-;16-,17+,19-,20+,21+,22?,23?,24+,26+,27-/m11/s1. The van der Waals surface area contributed by atoms with Crippen LogP contribution < -0.4 is 0 Å². The van der Waals surface area contributed by atoms with Crippen molar-refractivity contribution in [1.82, 2.24) is 0 Å². The maximum absolute atomic E-state index is 12.1. The summed E-state index contributed by atoms with van der Waals surface area (Å²) in [6.07, 6.45) is 24.3. The molecule has 6 heteroatoms. The van der Waals surface area contributed by atoms with Gasteiger partial charge in [0.2, 0.25) is 0 Å². The third-order valence-corrected chi connectivity index (χ3v) is 22.3. The molecule has 0 radical (unpaired) electrons. The molecule has 3 aliphatic heterocycles. The van der Waals surface area contributed by atoms with Gasteiger partial charge in [-0.25, -0.2) is 0 Å². The SMILES string of the molecule is C[C@H](CCC1OC1(C)C)[C@H]1CC[C@H]2[C@@H]3C(O)C[C@@H]4CC(=O)CC[C@]4(C)[C@H]3CC[C@]12C.C[C@H](CCC1OC1(C)C)[C@H]1CC[C@H]2[C@@H]3C4OC4C4=CC(=O)CC[C@]4(C)[C@H]3CC[C@]12C. The molecule has 10 fully saturated rings. The topological polar surface area (TPSA) is 92.0 Å². The van der Waals surface area contributed by atoms with E-state index in [1.807, 2.05) is 6.08 Å². The molecule has 0 amide bonds. The van der Waals surface area contributed by atoms with Gasteiger partial charge in [-0.3, -0.25) is 9.59 Å². The van der Waals surface area contributed by atoms with Crippen LogP contribution in [0.3, 0.4) is 0 Å². The molecule has 3 saturated heterocycles. The Hall–Kier alpha value is -1.08. The molecular weight excluding hydrogens is 745 g/mol.